The van der Waals surface area contributed by atoms with Crippen LogP contribution in [0.15, 0.2) is 17.1 Å². The lowest BCUT2D eigenvalue weighted by Crippen LogP contribution is -2.40. The molecule has 0 radical (unpaired) electrons. The Labute approximate surface area is 216 Å². The van der Waals surface area contributed by atoms with E-state index in [2.05, 4.69) is 46.6 Å². The van der Waals surface area contributed by atoms with Crippen LogP contribution in [0.4, 0.5) is 0 Å². The zero-order valence-corrected chi connectivity index (χ0v) is 22.6. The van der Waals surface area contributed by atoms with E-state index in [1.54, 1.807) is 0 Å². The molecule has 2 saturated carbocycles. The van der Waals surface area contributed by atoms with Crippen LogP contribution >= 0.6 is 24.0 Å². The lowest BCUT2D eigenvalue weighted by atomic mass is 9.85. The number of carbonyl (C=O) groups is 2. The molecule has 186 valence electrons. The fraction of sp³-hybridized carbons (Fsp3) is 0.800. The molecule has 33 heavy (non-hydrogen) atoms. The fourth-order valence-corrected chi connectivity index (χ4v) is 6.19. The summed E-state index contributed by atoms with van der Waals surface area (Å²) in [6.07, 6.45) is 13.9. The van der Waals surface area contributed by atoms with Crippen LogP contribution in [0.2, 0.25) is 0 Å². The molecule has 4 rings (SSSR count). The van der Waals surface area contributed by atoms with E-state index >= 15 is 0 Å². The third-order valence-corrected chi connectivity index (χ3v) is 7.89. The number of imide groups is 1. The molecule has 8 heteroatoms. The van der Waals surface area contributed by atoms with Crippen LogP contribution in [-0.4, -0.2) is 73.4 Å². The monoisotopic (exact) mass is 571 g/mol. The molecular weight excluding hydrogens is 529 g/mol. The Bertz CT molecular complexity index is 706. The molecule has 7 nitrogen and oxygen atoms in total. The first kappa shape index (κ1) is 26.4. The van der Waals surface area contributed by atoms with Crippen molar-refractivity contribution in [2.75, 3.05) is 39.8 Å². The molecule has 0 aromatic carbocycles. The van der Waals surface area contributed by atoms with Gasteiger partial charge in [-0.25, -0.2) is 0 Å². The second kappa shape index (κ2) is 12.5. The van der Waals surface area contributed by atoms with E-state index in [4.69, 9.17) is 0 Å². The minimum atomic E-state index is -0.0910. The van der Waals surface area contributed by atoms with Gasteiger partial charge in [-0.2, -0.15) is 0 Å². The lowest BCUT2D eigenvalue weighted by Gasteiger charge is -2.31. The summed E-state index contributed by atoms with van der Waals surface area (Å²) in [7, 11) is 2.26. The van der Waals surface area contributed by atoms with Crippen molar-refractivity contribution < 1.29 is 9.59 Å². The number of likely N-dealkylation sites (tertiary alicyclic amines) is 1. The van der Waals surface area contributed by atoms with Gasteiger partial charge in [0.25, 0.3) is 0 Å². The minimum absolute atomic E-state index is 0. The van der Waals surface area contributed by atoms with Gasteiger partial charge in [0.05, 0.1) is 11.8 Å². The number of carbonyl (C=O) groups excluding carboxylic acids is 2. The third-order valence-electron chi connectivity index (χ3n) is 7.89. The van der Waals surface area contributed by atoms with Gasteiger partial charge in [0.1, 0.15) is 0 Å². The van der Waals surface area contributed by atoms with Gasteiger partial charge >= 0.3 is 0 Å². The molecule has 0 aromatic rings. The zero-order chi connectivity index (χ0) is 22.5. The number of allylic oxidation sites excluding steroid dienone is 2. The average molecular weight is 572 g/mol. The fourth-order valence-electron chi connectivity index (χ4n) is 6.19. The number of amides is 2. The highest BCUT2D eigenvalue weighted by Gasteiger charge is 2.58. The number of rotatable bonds is 10. The number of fused-ring (bicyclic) bond motifs is 5. The number of nitrogens with zero attached hydrogens (tertiary/aromatic N) is 3. The van der Waals surface area contributed by atoms with E-state index in [0.29, 0.717) is 19.5 Å². The van der Waals surface area contributed by atoms with Crippen molar-refractivity contribution in [1.82, 2.24) is 20.4 Å². The van der Waals surface area contributed by atoms with Gasteiger partial charge in [0.2, 0.25) is 11.8 Å². The molecule has 2 bridgehead atoms. The second-order valence-electron chi connectivity index (χ2n) is 9.99. The summed E-state index contributed by atoms with van der Waals surface area (Å²) in [6, 6.07) is 0.757. The molecule has 0 aromatic heterocycles. The number of hydrogen-bond donors (Lipinski definition) is 2. The Balaban J connectivity index is 0.00000306. The van der Waals surface area contributed by atoms with E-state index in [-0.39, 0.29) is 59.5 Å². The van der Waals surface area contributed by atoms with Crippen molar-refractivity contribution in [2.45, 2.75) is 64.3 Å². The van der Waals surface area contributed by atoms with E-state index < -0.39 is 0 Å². The molecule has 2 amide bonds. The first-order chi connectivity index (χ1) is 15.6. The number of aliphatic imine (C=N–C) groups is 1. The van der Waals surface area contributed by atoms with Gasteiger partial charge in [-0.3, -0.25) is 19.5 Å². The summed E-state index contributed by atoms with van der Waals surface area (Å²) >= 11 is 0. The van der Waals surface area contributed by atoms with Crippen molar-refractivity contribution in [3.05, 3.63) is 12.2 Å². The molecular formula is C25H42IN5O2. The highest BCUT2D eigenvalue weighted by molar-refractivity contribution is 14.0. The van der Waals surface area contributed by atoms with Gasteiger partial charge in [-0.1, -0.05) is 31.4 Å². The van der Waals surface area contributed by atoms with Crippen molar-refractivity contribution in [3.8, 4) is 0 Å². The van der Waals surface area contributed by atoms with Crippen LogP contribution in [-0.2, 0) is 9.59 Å². The van der Waals surface area contributed by atoms with Crippen molar-refractivity contribution >= 4 is 41.8 Å². The van der Waals surface area contributed by atoms with E-state index in [1.165, 1.54) is 37.0 Å². The van der Waals surface area contributed by atoms with E-state index in [1.807, 2.05) is 0 Å². The van der Waals surface area contributed by atoms with Gasteiger partial charge in [-0.15, -0.1) is 24.0 Å². The van der Waals surface area contributed by atoms with E-state index in [9.17, 15) is 9.59 Å². The number of halogens is 1. The normalized spacial score (nSPS) is 29.1. The average Bonchev–Trinajstić information content (AvgIpc) is 3.49. The molecule has 4 unspecified atom stereocenters. The summed E-state index contributed by atoms with van der Waals surface area (Å²) in [5.41, 5.74) is 0. The second-order valence-corrected chi connectivity index (χ2v) is 9.99. The van der Waals surface area contributed by atoms with Gasteiger partial charge in [0, 0.05) is 32.2 Å². The number of nitrogens with one attached hydrogen (secondary N) is 2. The highest BCUT2D eigenvalue weighted by atomic mass is 127. The minimum Gasteiger partial charge on any atom is -0.357 e. The standard InChI is InChI=1S/C25H41N5O2.HI/c1-3-26-25(27-13-7-15-29(2)20-9-5-4-6-10-20)28-14-8-16-30-23(31)21-18-11-12-19(17-18)22(21)24(30)32;/h11-12,18-22H,3-10,13-17H2,1-2H3,(H2,26,27,28);1H. The largest absolute Gasteiger partial charge is 0.357 e. The maximum atomic E-state index is 12.8. The van der Waals surface area contributed by atoms with Crippen LogP contribution in [0.25, 0.3) is 0 Å². The molecule has 0 spiro atoms. The van der Waals surface area contributed by atoms with Crippen molar-refractivity contribution in [2.24, 2.45) is 28.7 Å². The molecule has 2 N–H and O–H groups in total. The molecule has 1 aliphatic heterocycles. The molecule has 3 fully saturated rings. The summed E-state index contributed by atoms with van der Waals surface area (Å²) in [4.78, 5) is 34.2. The van der Waals surface area contributed by atoms with Crippen LogP contribution < -0.4 is 10.6 Å². The van der Waals surface area contributed by atoms with Crippen molar-refractivity contribution in [3.63, 3.8) is 0 Å². The maximum absolute atomic E-state index is 12.8. The number of guanidine groups is 1. The highest BCUT2D eigenvalue weighted by Crippen LogP contribution is 2.52. The summed E-state index contributed by atoms with van der Waals surface area (Å²) in [5, 5.41) is 6.74. The quantitative estimate of drug-likeness (QED) is 0.105. The first-order valence-corrected chi connectivity index (χ1v) is 12.9. The Kier molecular flexibility index (Phi) is 10.0. The predicted octanol–water partition coefficient (Wildman–Crippen LogP) is 3.01. The summed E-state index contributed by atoms with van der Waals surface area (Å²) in [5.74, 6) is 1.31. The van der Waals surface area contributed by atoms with Crippen LogP contribution in [0.3, 0.4) is 0 Å². The summed E-state index contributed by atoms with van der Waals surface area (Å²) < 4.78 is 0. The molecule has 1 heterocycles. The van der Waals surface area contributed by atoms with E-state index in [0.717, 1.165) is 44.5 Å². The SMILES string of the molecule is CCNC(=NCCCN1C(=O)C2C3C=CC(C3)C2C1=O)NCCCN(C)C1CCCCC1.I. The third kappa shape index (κ3) is 6.10. The Hall–Kier alpha value is -1.16. The van der Waals surface area contributed by atoms with Gasteiger partial charge in [-0.05, 0) is 64.5 Å². The predicted molar refractivity (Wildman–Crippen MR) is 143 cm³/mol. The first-order valence-electron chi connectivity index (χ1n) is 12.9. The Morgan fingerprint density at radius 3 is 2.36 bits per heavy atom. The lowest BCUT2D eigenvalue weighted by molar-refractivity contribution is -0.140. The topological polar surface area (TPSA) is 77.0 Å². The van der Waals surface area contributed by atoms with Crippen molar-refractivity contribution in [1.29, 1.82) is 0 Å². The van der Waals surface area contributed by atoms with Crippen LogP contribution in [0.5, 0.6) is 0 Å². The van der Waals surface area contributed by atoms with Crippen LogP contribution in [0.1, 0.15) is 58.3 Å². The molecule has 1 saturated heterocycles. The van der Waals surface area contributed by atoms with Gasteiger partial charge in [0.15, 0.2) is 5.96 Å². The van der Waals surface area contributed by atoms with Gasteiger partial charge < -0.3 is 15.5 Å². The Morgan fingerprint density at radius 2 is 1.73 bits per heavy atom. The summed E-state index contributed by atoms with van der Waals surface area (Å²) in [6.45, 7) is 5.97. The number of hydrogen-bond acceptors (Lipinski definition) is 4. The Morgan fingerprint density at radius 1 is 1.06 bits per heavy atom. The maximum Gasteiger partial charge on any atom is 0.233 e. The van der Waals surface area contributed by atoms with Crippen LogP contribution in [0, 0.1) is 23.7 Å². The smallest absolute Gasteiger partial charge is 0.233 e. The molecule has 4 aliphatic rings. The molecule has 3 aliphatic carbocycles. The molecule has 4 atom stereocenters. The zero-order valence-electron chi connectivity index (χ0n) is 20.3.